The second-order valence-electron chi connectivity index (χ2n) is 4.53. The first-order valence-corrected chi connectivity index (χ1v) is 6.04. The number of ether oxygens (including phenoxy) is 1. The summed E-state index contributed by atoms with van der Waals surface area (Å²) in [5.41, 5.74) is 0.228. The number of esters is 1. The molecule has 6 nitrogen and oxygen atoms in total. The van der Waals surface area contributed by atoms with E-state index in [0.717, 1.165) is 25.9 Å². The van der Waals surface area contributed by atoms with Gasteiger partial charge in [0.15, 0.2) is 5.69 Å². The lowest BCUT2D eigenvalue weighted by molar-refractivity contribution is 0.0593. The molecule has 1 aliphatic heterocycles. The molecule has 0 aromatic carbocycles. The Hall–Kier alpha value is -1.69. The van der Waals surface area contributed by atoms with Gasteiger partial charge in [-0.2, -0.15) is 0 Å². The van der Waals surface area contributed by atoms with Crippen molar-refractivity contribution in [2.75, 3.05) is 32.6 Å². The van der Waals surface area contributed by atoms with Crippen molar-refractivity contribution in [3.8, 4) is 0 Å². The summed E-state index contributed by atoms with van der Waals surface area (Å²) in [5, 5.41) is 3.31. The molecule has 6 heteroatoms. The van der Waals surface area contributed by atoms with Crippen LogP contribution in [0.5, 0.6) is 0 Å². The predicted molar refractivity (Wildman–Crippen MR) is 67.5 cm³/mol. The minimum absolute atomic E-state index is 0.228. The average molecular weight is 250 g/mol. The monoisotopic (exact) mass is 250 g/mol. The zero-order chi connectivity index (χ0) is 13.0. The van der Waals surface area contributed by atoms with E-state index in [4.69, 9.17) is 0 Å². The van der Waals surface area contributed by atoms with E-state index in [1.165, 1.54) is 13.3 Å². The number of hydrogen-bond acceptors (Lipinski definition) is 6. The van der Waals surface area contributed by atoms with Crippen molar-refractivity contribution >= 4 is 11.8 Å². The van der Waals surface area contributed by atoms with Crippen molar-refractivity contribution in [2.24, 2.45) is 0 Å². The van der Waals surface area contributed by atoms with Crippen LogP contribution in [0.1, 0.15) is 23.3 Å². The van der Waals surface area contributed by atoms with Gasteiger partial charge in [-0.1, -0.05) is 0 Å². The van der Waals surface area contributed by atoms with Gasteiger partial charge >= 0.3 is 5.97 Å². The van der Waals surface area contributed by atoms with Gasteiger partial charge in [0, 0.05) is 12.6 Å². The van der Waals surface area contributed by atoms with E-state index < -0.39 is 5.97 Å². The lowest BCUT2D eigenvalue weighted by Crippen LogP contribution is -2.40. The molecule has 2 heterocycles. The predicted octanol–water partition coefficient (Wildman–Crippen LogP) is 0.769. The Bertz CT molecular complexity index is 424. The van der Waals surface area contributed by atoms with Crippen molar-refractivity contribution < 1.29 is 9.53 Å². The average Bonchev–Trinajstić information content (AvgIpc) is 2.38. The van der Waals surface area contributed by atoms with Crippen LogP contribution in [0.3, 0.4) is 0 Å². The Morgan fingerprint density at radius 1 is 1.56 bits per heavy atom. The molecule has 0 amide bonds. The molecule has 1 fully saturated rings. The van der Waals surface area contributed by atoms with Crippen LogP contribution in [0.25, 0.3) is 0 Å². The molecule has 1 aliphatic rings. The first-order valence-electron chi connectivity index (χ1n) is 6.04. The molecule has 1 unspecified atom stereocenters. The Kier molecular flexibility index (Phi) is 4.09. The number of rotatable bonds is 3. The minimum atomic E-state index is -0.466. The summed E-state index contributed by atoms with van der Waals surface area (Å²) in [6, 6.07) is 0.353. The number of nitrogens with zero attached hydrogens (tertiary/aromatic N) is 3. The number of likely N-dealkylation sites (tertiary alicyclic amines) is 1. The van der Waals surface area contributed by atoms with Crippen LogP contribution in [-0.4, -0.2) is 54.1 Å². The van der Waals surface area contributed by atoms with Crippen molar-refractivity contribution in [1.29, 1.82) is 0 Å². The second kappa shape index (κ2) is 5.77. The van der Waals surface area contributed by atoms with Crippen LogP contribution >= 0.6 is 0 Å². The summed E-state index contributed by atoms with van der Waals surface area (Å²) in [6.45, 7) is 2.11. The highest BCUT2D eigenvalue weighted by Crippen LogP contribution is 2.13. The van der Waals surface area contributed by atoms with Gasteiger partial charge in [-0.05, 0) is 26.4 Å². The Morgan fingerprint density at radius 3 is 3.11 bits per heavy atom. The number of nitrogens with one attached hydrogen (secondary N) is 1. The molecule has 0 spiro atoms. The van der Waals surface area contributed by atoms with Crippen LogP contribution in [0.4, 0.5) is 5.82 Å². The molecule has 0 bridgehead atoms. The van der Waals surface area contributed by atoms with Crippen LogP contribution in [0, 0.1) is 0 Å². The van der Waals surface area contributed by atoms with Gasteiger partial charge in [0.25, 0.3) is 0 Å². The van der Waals surface area contributed by atoms with Gasteiger partial charge in [-0.3, -0.25) is 4.98 Å². The minimum Gasteiger partial charge on any atom is -0.464 e. The molecule has 2 rings (SSSR count). The number of carbonyl (C=O) groups excluding carboxylic acids is 1. The standard InChI is InChI=1S/C12H18N4O2/c1-16-5-3-4-9(8-16)14-11-7-13-6-10(15-11)12(17)18-2/h6-7,9H,3-5,8H2,1-2H3,(H,14,15). The van der Waals surface area contributed by atoms with Gasteiger partial charge < -0.3 is 15.0 Å². The largest absolute Gasteiger partial charge is 0.464 e. The second-order valence-corrected chi connectivity index (χ2v) is 4.53. The molecule has 1 aromatic heterocycles. The molecule has 18 heavy (non-hydrogen) atoms. The quantitative estimate of drug-likeness (QED) is 0.799. The molecule has 1 atom stereocenters. The third-order valence-electron chi connectivity index (χ3n) is 3.01. The SMILES string of the molecule is COC(=O)c1cncc(NC2CCCN(C)C2)n1. The molecule has 1 N–H and O–H groups in total. The van der Waals surface area contributed by atoms with E-state index in [0.29, 0.717) is 11.9 Å². The maximum absolute atomic E-state index is 11.3. The van der Waals surface area contributed by atoms with Crippen LogP contribution in [0.15, 0.2) is 12.4 Å². The summed E-state index contributed by atoms with van der Waals surface area (Å²) in [7, 11) is 3.44. The van der Waals surface area contributed by atoms with Crippen molar-refractivity contribution in [3.63, 3.8) is 0 Å². The number of aromatic nitrogens is 2. The fourth-order valence-corrected chi connectivity index (χ4v) is 2.13. The van der Waals surface area contributed by atoms with Crippen LogP contribution < -0.4 is 5.32 Å². The first-order chi connectivity index (χ1) is 8.69. The number of piperidine rings is 1. The van der Waals surface area contributed by atoms with Crippen molar-refractivity contribution in [3.05, 3.63) is 18.1 Å². The van der Waals surface area contributed by atoms with E-state index in [1.54, 1.807) is 6.20 Å². The summed E-state index contributed by atoms with van der Waals surface area (Å²) >= 11 is 0. The molecule has 98 valence electrons. The van der Waals surface area contributed by atoms with Gasteiger partial charge in [0.2, 0.25) is 0 Å². The van der Waals surface area contributed by atoms with Crippen molar-refractivity contribution in [2.45, 2.75) is 18.9 Å². The Morgan fingerprint density at radius 2 is 2.39 bits per heavy atom. The van der Waals surface area contributed by atoms with Gasteiger partial charge in [0.1, 0.15) is 5.82 Å². The lowest BCUT2D eigenvalue weighted by Gasteiger charge is -2.30. The smallest absolute Gasteiger partial charge is 0.358 e. The topological polar surface area (TPSA) is 67.3 Å². The Balaban J connectivity index is 2.02. The zero-order valence-corrected chi connectivity index (χ0v) is 10.7. The zero-order valence-electron chi connectivity index (χ0n) is 10.7. The third kappa shape index (κ3) is 3.16. The van der Waals surface area contributed by atoms with Gasteiger partial charge in [-0.15, -0.1) is 0 Å². The summed E-state index contributed by atoms with van der Waals surface area (Å²) in [5.74, 6) is 0.158. The molecule has 1 aromatic rings. The van der Waals surface area contributed by atoms with Gasteiger partial charge in [-0.25, -0.2) is 9.78 Å². The number of anilines is 1. The third-order valence-corrected chi connectivity index (χ3v) is 3.01. The van der Waals surface area contributed by atoms with Crippen LogP contribution in [0.2, 0.25) is 0 Å². The maximum Gasteiger partial charge on any atom is 0.358 e. The molecular weight excluding hydrogens is 232 g/mol. The van der Waals surface area contributed by atoms with E-state index in [2.05, 4.69) is 32.0 Å². The normalized spacial score (nSPS) is 20.4. The van der Waals surface area contributed by atoms with E-state index in [9.17, 15) is 4.79 Å². The molecule has 1 saturated heterocycles. The fraction of sp³-hybridized carbons (Fsp3) is 0.583. The lowest BCUT2D eigenvalue weighted by atomic mass is 10.1. The number of methoxy groups -OCH3 is 1. The van der Waals surface area contributed by atoms with E-state index >= 15 is 0 Å². The fourth-order valence-electron chi connectivity index (χ4n) is 2.13. The highest BCUT2D eigenvalue weighted by atomic mass is 16.5. The summed E-state index contributed by atoms with van der Waals surface area (Å²) < 4.78 is 4.62. The highest BCUT2D eigenvalue weighted by Gasteiger charge is 2.18. The van der Waals surface area contributed by atoms with Crippen molar-refractivity contribution in [1.82, 2.24) is 14.9 Å². The van der Waals surface area contributed by atoms with E-state index in [1.807, 2.05) is 0 Å². The van der Waals surface area contributed by atoms with E-state index in [-0.39, 0.29) is 5.69 Å². The Labute approximate surface area is 106 Å². The maximum atomic E-state index is 11.3. The van der Waals surface area contributed by atoms with Crippen LogP contribution in [-0.2, 0) is 4.74 Å². The highest BCUT2D eigenvalue weighted by molar-refractivity contribution is 5.87. The summed E-state index contributed by atoms with van der Waals surface area (Å²) in [4.78, 5) is 21.8. The number of likely N-dealkylation sites (N-methyl/N-ethyl adjacent to an activating group) is 1. The van der Waals surface area contributed by atoms with Gasteiger partial charge in [0.05, 0.1) is 19.5 Å². The number of carbonyl (C=O) groups is 1. The molecule has 0 aliphatic carbocycles. The summed E-state index contributed by atoms with van der Waals surface area (Å²) in [6.07, 6.45) is 5.30. The molecular formula is C12H18N4O2. The molecule has 0 saturated carbocycles. The number of hydrogen-bond donors (Lipinski definition) is 1. The molecule has 0 radical (unpaired) electrons. The first kappa shape index (κ1) is 12.8.